The van der Waals surface area contributed by atoms with Gasteiger partial charge in [-0.05, 0) is 34.7 Å². The number of aromatic nitrogens is 2. The van der Waals surface area contributed by atoms with Gasteiger partial charge in [-0.3, -0.25) is 10.1 Å². The van der Waals surface area contributed by atoms with E-state index in [1.165, 1.54) is 17.4 Å². The third-order valence-electron chi connectivity index (χ3n) is 1.79. The standard InChI is InChI=1S/C8H3ClIN3O2S/c9-4-1-2-5(6(3-4)13(14)15)7-11-12-8(10)16-7/h1-3H. The van der Waals surface area contributed by atoms with E-state index < -0.39 is 4.92 Å². The average Bonchev–Trinajstić information content (AvgIpc) is 2.64. The van der Waals surface area contributed by atoms with Crippen LogP contribution in [0.15, 0.2) is 18.2 Å². The molecule has 82 valence electrons. The van der Waals surface area contributed by atoms with Crippen molar-refractivity contribution < 1.29 is 4.92 Å². The number of nitro groups is 1. The Labute approximate surface area is 113 Å². The molecular formula is C8H3ClIN3O2S. The Balaban J connectivity index is 2.60. The summed E-state index contributed by atoms with van der Waals surface area (Å²) in [6.07, 6.45) is 0. The fourth-order valence-electron chi connectivity index (χ4n) is 1.15. The molecule has 0 atom stereocenters. The molecule has 0 saturated heterocycles. The number of nitrogens with zero attached hydrogens (tertiary/aromatic N) is 3. The second-order valence-corrected chi connectivity index (χ2v) is 5.95. The van der Waals surface area contributed by atoms with Crippen LogP contribution in [-0.2, 0) is 0 Å². The van der Waals surface area contributed by atoms with Gasteiger partial charge in [0.25, 0.3) is 5.69 Å². The zero-order chi connectivity index (χ0) is 11.7. The molecule has 0 aliphatic heterocycles. The molecule has 5 nitrogen and oxygen atoms in total. The highest BCUT2D eigenvalue weighted by atomic mass is 127. The summed E-state index contributed by atoms with van der Waals surface area (Å²) in [6, 6.07) is 4.49. The zero-order valence-electron chi connectivity index (χ0n) is 7.55. The summed E-state index contributed by atoms with van der Waals surface area (Å²) in [5, 5.41) is 19.4. The third kappa shape index (κ3) is 2.30. The number of benzene rings is 1. The molecule has 2 aromatic rings. The van der Waals surface area contributed by atoms with Crippen molar-refractivity contribution in [1.29, 1.82) is 0 Å². The lowest BCUT2D eigenvalue weighted by Gasteiger charge is -1.98. The van der Waals surface area contributed by atoms with Crippen LogP contribution in [0.4, 0.5) is 5.69 Å². The molecule has 0 bridgehead atoms. The van der Waals surface area contributed by atoms with E-state index in [4.69, 9.17) is 11.6 Å². The second-order valence-electron chi connectivity index (χ2n) is 2.78. The molecule has 0 radical (unpaired) electrons. The van der Waals surface area contributed by atoms with E-state index in [9.17, 15) is 10.1 Å². The monoisotopic (exact) mass is 367 g/mol. The van der Waals surface area contributed by atoms with E-state index in [2.05, 4.69) is 10.2 Å². The normalized spacial score (nSPS) is 10.4. The van der Waals surface area contributed by atoms with Crippen molar-refractivity contribution in [3.63, 3.8) is 0 Å². The predicted molar refractivity (Wildman–Crippen MR) is 69.7 cm³/mol. The van der Waals surface area contributed by atoms with E-state index in [1.807, 2.05) is 22.6 Å². The quantitative estimate of drug-likeness (QED) is 0.463. The van der Waals surface area contributed by atoms with Crippen LogP contribution >= 0.6 is 45.5 Å². The second kappa shape index (κ2) is 4.60. The van der Waals surface area contributed by atoms with E-state index in [0.717, 1.165) is 3.01 Å². The van der Waals surface area contributed by atoms with Crippen molar-refractivity contribution in [2.24, 2.45) is 0 Å². The van der Waals surface area contributed by atoms with E-state index >= 15 is 0 Å². The number of hydrogen-bond donors (Lipinski definition) is 0. The Morgan fingerprint density at radius 3 is 2.75 bits per heavy atom. The van der Waals surface area contributed by atoms with E-state index in [-0.39, 0.29) is 5.69 Å². The average molecular weight is 368 g/mol. The van der Waals surface area contributed by atoms with Crippen molar-refractivity contribution in [2.75, 3.05) is 0 Å². The molecular weight excluding hydrogens is 365 g/mol. The lowest BCUT2D eigenvalue weighted by molar-refractivity contribution is -0.384. The van der Waals surface area contributed by atoms with Crippen molar-refractivity contribution in [3.05, 3.63) is 36.4 Å². The number of nitro benzene ring substituents is 1. The van der Waals surface area contributed by atoms with Crippen LogP contribution in [-0.4, -0.2) is 15.1 Å². The van der Waals surface area contributed by atoms with Crippen molar-refractivity contribution >= 4 is 51.2 Å². The summed E-state index contributed by atoms with van der Waals surface area (Å²) in [6.45, 7) is 0. The zero-order valence-corrected chi connectivity index (χ0v) is 11.3. The number of halogens is 2. The summed E-state index contributed by atoms with van der Waals surface area (Å²) in [5.74, 6) is 0. The fraction of sp³-hybridized carbons (Fsp3) is 0. The third-order valence-corrected chi connectivity index (χ3v) is 3.64. The van der Waals surface area contributed by atoms with Crippen molar-refractivity contribution in [3.8, 4) is 10.6 Å². The van der Waals surface area contributed by atoms with Gasteiger partial charge in [0.1, 0.15) is 0 Å². The minimum atomic E-state index is -0.477. The van der Waals surface area contributed by atoms with Crippen LogP contribution in [0, 0.1) is 13.1 Å². The Morgan fingerprint density at radius 2 is 2.19 bits per heavy atom. The Kier molecular flexibility index (Phi) is 3.36. The van der Waals surface area contributed by atoms with Crippen LogP contribution in [0.5, 0.6) is 0 Å². The topological polar surface area (TPSA) is 68.9 Å². The lowest BCUT2D eigenvalue weighted by Crippen LogP contribution is -1.91. The first-order valence-corrected chi connectivity index (χ1v) is 6.28. The Morgan fingerprint density at radius 1 is 1.44 bits per heavy atom. The maximum absolute atomic E-state index is 10.9. The van der Waals surface area contributed by atoms with Gasteiger partial charge < -0.3 is 0 Å². The van der Waals surface area contributed by atoms with Gasteiger partial charge in [-0.25, -0.2) is 0 Å². The van der Waals surface area contributed by atoms with E-state index in [1.54, 1.807) is 12.1 Å². The summed E-state index contributed by atoms with van der Waals surface area (Å²) >= 11 is 9.02. The minimum Gasteiger partial charge on any atom is -0.258 e. The van der Waals surface area contributed by atoms with Gasteiger partial charge in [-0.2, -0.15) is 0 Å². The first-order chi connectivity index (χ1) is 7.58. The van der Waals surface area contributed by atoms with Gasteiger partial charge in [0.15, 0.2) is 8.02 Å². The molecule has 0 saturated carbocycles. The first kappa shape index (κ1) is 11.7. The van der Waals surface area contributed by atoms with Crippen LogP contribution < -0.4 is 0 Å². The van der Waals surface area contributed by atoms with Crippen LogP contribution in [0.3, 0.4) is 0 Å². The molecule has 1 aromatic heterocycles. The lowest BCUT2D eigenvalue weighted by atomic mass is 10.2. The van der Waals surface area contributed by atoms with Crippen LogP contribution in [0.1, 0.15) is 0 Å². The molecule has 0 unspecified atom stereocenters. The molecule has 0 aliphatic carbocycles. The number of rotatable bonds is 2. The van der Waals surface area contributed by atoms with Crippen LogP contribution in [0.25, 0.3) is 10.6 Å². The Bertz CT molecular complexity index is 560. The van der Waals surface area contributed by atoms with Gasteiger partial charge >= 0.3 is 0 Å². The first-order valence-electron chi connectivity index (χ1n) is 4.01. The predicted octanol–water partition coefficient (Wildman–Crippen LogP) is 3.37. The van der Waals surface area contributed by atoms with Gasteiger partial charge in [0, 0.05) is 11.1 Å². The molecule has 1 heterocycles. The van der Waals surface area contributed by atoms with Crippen molar-refractivity contribution in [2.45, 2.75) is 0 Å². The maximum atomic E-state index is 10.9. The summed E-state index contributed by atoms with van der Waals surface area (Å²) in [4.78, 5) is 10.4. The van der Waals surface area contributed by atoms with Gasteiger partial charge in [0.2, 0.25) is 0 Å². The SMILES string of the molecule is O=[N+]([O-])c1cc(Cl)ccc1-c1nnc(I)s1. The number of hydrogen-bond acceptors (Lipinski definition) is 5. The molecule has 16 heavy (non-hydrogen) atoms. The summed E-state index contributed by atoms with van der Waals surface area (Å²) in [5.41, 5.74) is 0.384. The van der Waals surface area contributed by atoms with Crippen molar-refractivity contribution in [1.82, 2.24) is 10.2 Å². The minimum absolute atomic E-state index is 0.0555. The summed E-state index contributed by atoms with van der Waals surface area (Å²) < 4.78 is 0.733. The molecule has 8 heteroatoms. The smallest absolute Gasteiger partial charge is 0.258 e. The highest BCUT2D eigenvalue weighted by Crippen LogP contribution is 2.33. The molecule has 0 fully saturated rings. The molecule has 0 aliphatic rings. The molecule has 0 N–H and O–H groups in total. The molecule has 0 amide bonds. The molecule has 1 aromatic carbocycles. The van der Waals surface area contributed by atoms with Gasteiger partial charge in [-0.1, -0.05) is 22.9 Å². The molecule has 0 spiro atoms. The van der Waals surface area contributed by atoms with Gasteiger partial charge in [-0.15, -0.1) is 10.2 Å². The highest BCUT2D eigenvalue weighted by Gasteiger charge is 2.18. The molecule has 2 rings (SSSR count). The van der Waals surface area contributed by atoms with E-state index in [0.29, 0.717) is 15.6 Å². The highest BCUT2D eigenvalue weighted by molar-refractivity contribution is 14.1. The Hall–Kier alpha value is -0.800. The maximum Gasteiger partial charge on any atom is 0.281 e. The largest absolute Gasteiger partial charge is 0.281 e. The van der Waals surface area contributed by atoms with Gasteiger partial charge in [0.05, 0.1) is 10.5 Å². The van der Waals surface area contributed by atoms with Crippen LogP contribution in [0.2, 0.25) is 5.02 Å². The fourth-order valence-corrected chi connectivity index (χ4v) is 2.66. The summed E-state index contributed by atoms with van der Waals surface area (Å²) in [7, 11) is 0.